The monoisotopic (exact) mass is 429 g/mol. The Morgan fingerprint density at radius 3 is 2.21 bits per heavy atom. The van der Waals surface area contributed by atoms with Gasteiger partial charge in [0.2, 0.25) is 0 Å². The average Bonchev–Trinajstić information content (AvgIpc) is 2.53. The quantitative estimate of drug-likeness (QED) is 0.644. The molecule has 0 radical (unpaired) electrons. The van der Waals surface area contributed by atoms with Crippen molar-refractivity contribution >= 4 is 29.2 Å². The highest BCUT2D eigenvalue weighted by molar-refractivity contribution is 6.32. The molecule has 2 N–H and O–H groups in total. The van der Waals surface area contributed by atoms with Gasteiger partial charge in [-0.15, -0.1) is 0 Å². The van der Waals surface area contributed by atoms with Gasteiger partial charge < -0.3 is 15.2 Å². The molecule has 2 aromatic carbocycles. The number of amides is 1. The number of benzene rings is 2. The first-order valence-electron chi connectivity index (χ1n) is 8.44. The van der Waals surface area contributed by atoms with E-state index in [1.54, 1.807) is 20.8 Å². The lowest BCUT2D eigenvalue weighted by Crippen LogP contribution is -2.25. The van der Waals surface area contributed by atoms with Gasteiger partial charge in [-0.2, -0.15) is 13.2 Å². The van der Waals surface area contributed by atoms with Crippen molar-refractivity contribution in [3.8, 4) is 5.75 Å². The first-order valence-corrected chi connectivity index (χ1v) is 8.82. The smallest absolute Gasteiger partial charge is 0.420 e. The van der Waals surface area contributed by atoms with Crippen molar-refractivity contribution in [3.05, 3.63) is 57.6 Å². The van der Waals surface area contributed by atoms with Gasteiger partial charge in [-0.3, -0.25) is 4.79 Å². The largest absolute Gasteiger partial charge is 0.486 e. The maximum atomic E-state index is 13.5. The van der Waals surface area contributed by atoms with Crippen LogP contribution in [0, 0.1) is 6.92 Å². The molecular formula is C20H19ClF3NO4. The van der Waals surface area contributed by atoms with E-state index in [4.69, 9.17) is 21.4 Å². The van der Waals surface area contributed by atoms with E-state index in [0.29, 0.717) is 11.6 Å². The predicted octanol–water partition coefficient (Wildman–Crippen LogP) is 5.80. The Balaban J connectivity index is 2.42. The number of hydrogen-bond acceptors (Lipinski definition) is 3. The molecule has 0 unspecified atom stereocenters. The highest BCUT2D eigenvalue weighted by Gasteiger charge is 2.37. The summed E-state index contributed by atoms with van der Waals surface area (Å²) in [6.45, 7) is 6.27. The van der Waals surface area contributed by atoms with E-state index in [0.717, 1.165) is 6.07 Å². The number of nitrogens with one attached hydrogen (secondary N) is 1. The summed E-state index contributed by atoms with van der Waals surface area (Å²) in [4.78, 5) is 23.5. The molecule has 29 heavy (non-hydrogen) atoms. The van der Waals surface area contributed by atoms with Crippen molar-refractivity contribution < 1.29 is 32.6 Å². The number of alkyl halides is 3. The van der Waals surface area contributed by atoms with Crippen molar-refractivity contribution in [2.45, 2.75) is 39.5 Å². The van der Waals surface area contributed by atoms with E-state index in [9.17, 15) is 22.8 Å². The van der Waals surface area contributed by atoms with Crippen LogP contribution in [0.4, 0.5) is 18.9 Å². The molecule has 0 aliphatic carbocycles. The van der Waals surface area contributed by atoms with Crippen molar-refractivity contribution in [3.63, 3.8) is 0 Å². The topological polar surface area (TPSA) is 75.6 Å². The van der Waals surface area contributed by atoms with Gasteiger partial charge in [-0.1, -0.05) is 11.6 Å². The summed E-state index contributed by atoms with van der Waals surface area (Å²) >= 11 is 6.00. The number of anilines is 1. The zero-order valence-electron chi connectivity index (χ0n) is 16.1. The Labute approximate surface area is 170 Å². The molecule has 0 aliphatic heterocycles. The molecule has 2 rings (SSSR count). The van der Waals surface area contributed by atoms with Crippen LogP contribution < -0.4 is 10.1 Å². The number of rotatable bonds is 4. The normalized spacial score (nSPS) is 11.9. The van der Waals surface area contributed by atoms with Gasteiger partial charge in [0.05, 0.1) is 16.1 Å². The average molecular weight is 430 g/mol. The molecule has 0 spiro atoms. The number of carbonyl (C=O) groups is 2. The molecule has 0 aliphatic rings. The molecule has 0 fully saturated rings. The molecule has 2 aromatic rings. The van der Waals surface area contributed by atoms with E-state index in [1.165, 1.54) is 25.1 Å². The number of carboxylic acids is 1. The second-order valence-corrected chi connectivity index (χ2v) is 7.74. The third kappa shape index (κ3) is 5.63. The van der Waals surface area contributed by atoms with Crippen LogP contribution >= 0.6 is 11.6 Å². The second-order valence-electron chi connectivity index (χ2n) is 7.34. The van der Waals surface area contributed by atoms with Crippen molar-refractivity contribution in [1.29, 1.82) is 0 Å². The molecule has 5 nitrogen and oxygen atoms in total. The number of aryl methyl sites for hydroxylation is 1. The molecule has 156 valence electrons. The zero-order chi connectivity index (χ0) is 22.1. The Morgan fingerprint density at radius 2 is 1.72 bits per heavy atom. The lowest BCUT2D eigenvalue weighted by atomic mass is 10.1. The van der Waals surface area contributed by atoms with Crippen LogP contribution in [0.3, 0.4) is 0 Å². The van der Waals surface area contributed by atoms with E-state index >= 15 is 0 Å². The van der Waals surface area contributed by atoms with Gasteiger partial charge in [0.1, 0.15) is 5.60 Å². The number of aromatic carboxylic acids is 1. The lowest BCUT2D eigenvalue weighted by Gasteiger charge is -2.25. The summed E-state index contributed by atoms with van der Waals surface area (Å²) < 4.78 is 45.9. The summed E-state index contributed by atoms with van der Waals surface area (Å²) in [6.07, 6.45) is -4.79. The Hall–Kier alpha value is -2.74. The van der Waals surface area contributed by atoms with Crippen molar-refractivity contribution in [2.24, 2.45) is 0 Å². The minimum absolute atomic E-state index is 0.0501. The molecule has 0 bridgehead atoms. The van der Waals surface area contributed by atoms with Gasteiger partial charge in [-0.25, -0.2) is 4.79 Å². The van der Waals surface area contributed by atoms with E-state index in [1.807, 2.05) is 0 Å². The minimum Gasteiger partial charge on any atom is -0.486 e. The zero-order valence-corrected chi connectivity index (χ0v) is 16.8. The first kappa shape index (κ1) is 22.5. The fourth-order valence-electron chi connectivity index (χ4n) is 2.53. The van der Waals surface area contributed by atoms with Gasteiger partial charge in [-0.05, 0) is 63.6 Å². The fourth-order valence-corrected chi connectivity index (χ4v) is 2.79. The highest BCUT2D eigenvalue weighted by Crippen LogP contribution is 2.42. The maximum absolute atomic E-state index is 13.5. The van der Waals surface area contributed by atoms with Crippen LogP contribution in [-0.2, 0) is 6.18 Å². The molecule has 0 saturated carbocycles. The third-order valence-electron chi connectivity index (χ3n) is 3.73. The Bertz CT molecular complexity index is 965. The minimum atomic E-state index is -4.79. The standard InChI is InChI=1S/C20H19ClF3NO4/c1-10-7-12(5-6-13(10)18(27)28)25-17(26)11-8-14(20(22,23)24)16(15(21)9-11)29-19(2,3)4/h5-9H,1-4H3,(H,25,26)(H,27,28). The van der Waals surface area contributed by atoms with Gasteiger partial charge in [0, 0.05) is 11.3 Å². The predicted molar refractivity (Wildman–Crippen MR) is 103 cm³/mol. The van der Waals surface area contributed by atoms with E-state index in [2.05, 4.69) is 5.32 Å². The molecule has 1 amide bonds. The molecule has 0 atom stereocenters. The second kappa shape index (κ2) is 7.94. The first-order chi connectivity index (χ1) is 13.2. The van der Waals surface area contributed by atoms with Crippen LogP contribution in [0.5, 0.6) is 5.75 Å². The molecule has 0 saturated heterocycles. The Kier molecular flexibility index (Phi) is 6.18. The molecular weight excluding hydrogens is 411 g/mol. The lowest BCUT2D eigenvalue weighted by molar-refractivity contribution is -0.139. The van der Waals surface area contributed by atoms with Crippen molar-refractivity contribution in [1.82, 2.24) is 0 Å². The van der Waals surface area contributed by atoms with E-state index in [-0.39, 0.29) is 21.8 Å². The number of ether oxygens (including phenoxy) is 1. The number of carboxylic acid groups (broad SMARTS) is 1. The molecule has 9 heteroatoms. The van der Waals surface area contributed by atoms with Crippen molar-refractivity contribution in [2.75, 3.05) is 5.32 Å². The van der Waals surface area contributed by atoms with Gasteiger partial charge in [0.25, 0.3) is 5.91 Å². The number of carbonyl (C=O) groups excluding carboxylic acids is 1. The fraction of sp³-hybridized carbons (Fsp3) is 0.300. The summed E-state index contributed by atoms with van der Waals surface area (Å²) in [7, 11) is 0. The molecule has 0 heterocycles. The summed E-state index contributed by atoms with van der Waals surface area (Å²) in [5.74, 6) is -2.51. The summed E-state index contributed by atoms with van der Waals surface area (Å²) in [6, 6.07) is 5.80. The van der Waals surface area contributed by atoms with Crippen LogP contribution in [0.1, 0.15) is 52.6 Å². The van der Waals surface area contributed by atoms with Crippen LogP contribution in [0.2, 0.25) is 5.02 Å². The summed E-state index contributed by atoms with van der Waals surface area (Å²) in [5.41, 5.74) is -1.74. The molecule has 0 aromatic heterocycles. The van der Waals surface area contributed by atoms with E-state index < -0.39 is 35.0 Å². The van der Waals surface area contributed by atoms with Gasteiger partial charge in [0.15, 0.2) is 5.75 Å². The number of halogens is 4. The number of hydrogen-bond donors (Lipinski definition) is 2. The SMILES string of the molecule is Cc1cc(NC(=O)c2cc(Cl)c(OC(C)(C)C)c(C(F)(F)F)c2)ccc1C(=O)O. The van der Waals surface area contributed by atoms with Crippen LogP contribution in [-0.4, -0.2) is 22.6 Å². The van der Waals surface area contributed by atoms with Crippen LogP contribution in [0.15, 0.2) is 30.3 Å². The Morgan fingerprint density at radius 1 is 1.10 bits per heavy atom. The summed E-state index contributed by atoms with van der Waals surface area (Å²) in [5, 5.41) is 11.1. The maximum Gasteiger partial charge on any atom is 0.420 e. The van der Waals surface area contributed by atoms with Crippen LogP contribution in [0.25, 0.3) is 0 Å². The third-order valence-corrected chi connectivity index (χ3v) is 4.01. The highest BCUT2D eigenvalue weighted by atomic mass is 35.5. The van der Waals surface area contributed by atoms with Gasteiger partial charge >= 0.3 is 12.1 Å².